The number of hydrogen-bond donors (Lipinski definition) is 1. The number of aromatic nitrogens is 2. The second-order valence-electron chi connectivity index (χ2n) is 4.66. The van der Waals surface area contributed by atoms with Crippen molar-refractivity contribution >= 4 is 11.8 Å². The molecule has 1 fully saturated rings. The summed E-state index contributed by atoms with van der Waals surface area (Å²) in [6.07, 6.45) is 7.05. The van der Waals surface area contributed by atoms with Crippen LogP contribution in [0.5, 0.6) is 0 Å². The Labute approximate surface area is 103 Å². The summed E-state index contributed by atoms with van der Waals surface area (Å²) in [6, 6.07) is 2.60. The topological polar surface area (TPSA) is 41.1 Å². The van der Waals surface area contributed by atoms with Gasteiger partial charge in [-0.2, -0.15) is 4.98 Å². The average Bonchev–Trinajstić information content (AvgIpc) is 2.55. The van der Waals surface area contributed by atoms with Crippen LogP contribution in [0.2, 0.25) is 0 Å². The number of hydrogen-bond acceptors (Lipinski definition) is 4. The first kappa shape index (κ1) is 12.1. The molecule has 1 saturated heterocycles. The van der Waals surface area contributed by atoms with Crippen LogP contribution in [-0.4, -0.2) is 29.1 Å². The van der Waals surface area contributed by atoms with Crippen LogP contribution in [-0.2, 0) is 0 Å². The lowest BCUT2D eigenvalue weighted by Gasteiger charge is -2.28. The second kappa shape index (κ2) is 5.84. The molecule has 0 saturated carbocycles. The largest absolute Gasteiger partial charge is 0.354 e. The highest BCUT2D eigenvalue weighted by Crippen LogP contribution is 2.22. The van der Waals surface area contributed by atoms with Crippen LogP contribution in [0, 0.1) is 0 Å². The van der Waals surface area contributed by atoms with E-state index < -0.39 is 0 Å². The lowest BCUT2D eigenvalue weighted by molar-refractivity contribution is 0.611. The molecule has 1 aliphatic rings. The molecule has 0 spiro atoms. The highest BCUT2D eigenvalue weighted by Gasteiger charge is 2.18. The predicted octanol–water partition coefficient (Wildman–Crippen LogP) is 2.68. The van der Waals surface area contributed by atoms with E-state index in [1.165, 1.54) is 25.7 Å². The van der Waals surface area contributed by atoms with Crippen molar-refractivity contribution in [2.75, 3.05) is 23.3 Å². The van der Waals surface area contributed by atoms with Gasteiger partial charge < -0.3 is 10.2 Å². The Bertz CT molecular complexity index is 353. The molecule has 0 bridgehead atoms. The van der Waals surface area contributed by atoms with Gasteiger partial charge in [0, 0.05) is 25.3 Å². The van der Waals surface area contributed by atoms with Gasteiger partial charge in [0.25, 0.3) is 0 Å². The fourth-order valence-electron chi connectivity index (χ4n) is 2.37. The minimum atomic E-state index is 0.585. The molecule has 2 rings (SSSR count). The molecule has 1 unspecified atom stereocenters. The average molecular weight is 234 g/mol. The van der Waals surface area contributed by atoms with Crippen LogP contribution in [0.15, 0.2) is 12.3 Å². The zero-order valence-corrected chi connectivity index (χ0v) is 10.8. The zero-order chi connectivity index (χ0) is 12.1. The van der Waals surface area contributed by atoms with Crippen LogP contribution in [0.1, 0.15) is 39.5 Å². The van der Waals surface area contributed by atoms with E-state index in [0.717, 1.165) is 24.9 Å². The van der Waals surface area contributed by atoms with E-state index in [0.29, 0.717) is 6.04 Å². The van der Waals surface area contributed by atoms with Gasteiger partial charge in [-0.15, -0.1) is 0 Å². The molecule has 1 aromatic rings. The van der Waals surface area contributed by atoms with E-state index in [9.17, 15) is 0 Å². The van der Waals surface area contributed by atoms with E-state index in [4.69, 9.17) is 0 Å². The van der Waals surface area contributed by atoms with Gasteiger partial charge in [-0.3, -0.25) is 0 Å². The lowest BCUT2D eigenvalue weighted by Crippen LogP contribution is -2.33. The van der Waals surface area contributed by atoms with Crippen molar-refractivity contribution in [3.8, 4) is 0 Å². The molecular weight excluding hydrogens is 212 g/mol. The minimum Gasteiger partial charge on any atom is -0.354 e. The molecule has 94 valence electrons. The monoisotopic (exact) mass is 234 g/mol. The van der Waals surface area contributed by atoms with Crippen LogP contribution in [0.25, 0.3) is 0 Å². The molecule has 1 atom stereocenters. The maximum atomic E-state index is 4.58. The zero-order valence-electron chi connectivity index (χ0n) is 10.8. The van der Waals surface area contributed by atoms with Gasteiger partial charge in [0.2, 0.25) is 5.95 Å². The third-order valence-corrected chi connectivity index (χ3v) is 3.32. The van der Waals surface area contributed by atoms with Crippen LogP contribution < -0.4 is 10.2 Å². The van der Waals surface area contributed by atoms with E-state index in [1.807, 2.05) is 12.3 Å². The Morgan fingerprint density at radius 1 is 1.41 bits per heavy atom. The normalized spacial score (nSPS) is 21.1. The molecule has 17 heavy (non-hydrogen) atoms. The molecule has 1 aliphatic heterocycles. The Morgan fingerprint density at radius 3 is 3.12 bits per heavy atom. The Balaban J connectivity index is 2.16. The van der Waals surface area contributed by atoms with Crippen LogP contribution >= 0.6 is 0 Å². The van der Waals surface area contributed by atoms with E-state index >= 15 is 0 Å². The third kappa shape index (κ3) is 3.08. The molecule has 1 aromatic heterocycles. The molecule has 0 aromatic carbocycles. The predicted molar refractivity (Wildman–Crippen MR) is 71.5 cm³/mol. The molecule has 1 N–H and O–H groups in total. The first-order chi connectivity index (χ1) is 8.31. The second-order valence-corrected chi connectivity index (χ2v) is 4.66. The lowest BCUT2D eigenvalue weighted by atomic mass is 10.1. The molecule has 0 amide bonds. The van der Waals surface area contributed by atoms with Gasteiger partial charge in [0.1, 0.15) is 5.82 Å². The number of nitrogens with one attached hydrogen (secondary N) is 1. The van der Waals surface area contributed by atoms with Gasteiger partial charge in [0.15, 0.2) is 0 Å². The van der Waals surface area contributed by atoms with Gasteiger partial charge >= 0.3 is 0 Å². The quantitative estimate of drug-likeness (QED) is 0.873. The summed E-state index contributed by atoms with van der Waals surface area (Å²) in [5.41, 5.74) is 0. The van der Waals surface area contributed by atoms with E-state index in [1.54, 1.807) is 0 Å². The van der Waals surface area contributed by atoms with Crippen molar-refractivity contribution in [2.24, 2.45) is 0 Å². The number of rotatable bonds is 3. The van der Waals surface area contributed by atoms with Crippen molar-refractivity contribution in [1.29, 1.82) is 0 Å². The maximum Gasteiger partial charge on any atom is 0.224 e. The highest BCUT2D eigenvalue weighted by atomic mass is 15.2. The minimum absolute atomic E-state index is 0.585. The summed E-state index contributed by atoms with van der Waals surface area (Å²) in [5, 5.41) is 3.17. The smallest absolute Gasteiger partial charge is 0.224 e. The van der Waals surface area contributed by atoms with Gasteiger partial charge in [-0.1, -0.05) is 12.8 Å². The SMILES string of the molecule is CCNc1nccc(N2CCCCCC2C)n1. The number of anilines is 2. The Morgan fingerprint density at radius 2 is 2.29 bits per heavy atom. The molecular formula is C13H22N4. The van der Waals surface area contributed by atoms with Gasteiger partial charge in [-0.25, -0.2) is 4.98 Å². The first-order valence-electron chi connectivity index (χ1n) is 6.65. The van der Waals surface area contributed by atoms with Crippen molar-refractivity contribution in [3.05, 3.63) is 12.3 Å². The molecule has 0 radical (unpaired) electrons. The van der Waals surface area contributed by atoms with Gasteiger partial charge in [0.05, 0.1) is 0 Å². The third-order valence-electron chi connectivity index (χ3n) is 3.32. The fraction of sp³-hybridized carbons (Fsp3) is 0.692. The summed E-state index contributed by atoms with van der Waals surface area (Å²) in [7, 11) is 0. The van der Waals surface area contributed by atoms with Crippen molar-refractivity contribution in [3.63, 3.8) is 0 Å². The van der Waals surface area contributed by atoms with Gasteiger partial charge in [-0.05, 0) is 32.8 Å². The first-order valence-corrected chi connectivity index (χ1v) is 6.65. The molecule has 4 nitrogen and oxygen atoms in total. The highest BCUT2D eigenvalue weighted by molar-refractivity contribution is 5.43. The van der Waals surface area contributed by atoms with Crippen LogP contribution in [0.3, 0.4) is 0 Å². The fourth-order valence-corrected chi connectivity index (χ4v) is 2.37. The van der Waals surface area contributed by atoms with Crippen molar-refractivity contribution < 1.29 is 0 Å². The van der Waals surface area contributed by atoms with E-state index in [2.05, 4.69) is 34.0 Å². The molecule has 4 heteroatoms. The number of nitrogens with zero attached hydrogens (tertiary/aromatic N) is 3. The van der Waals surface area contributed by atoms with Crippen LogP contribution in [0.4, 0.5) is 11.8 Å². The standard InChI is InChI=1S/C13H22N4/c1-3-14-13-15-9-8-12(16-13)17-10-6-4-5-7-11(17)2/h8-9,11H,3-7,10H2,1-2H3,(H,14,15,16). The van der Waals surface area contributed by atoms with Crippen molar-refractivity contribution in [2.45, 2.75) is 45.6 Å². The Kier molecular flexibility index (Phi) is 4.18. The Hall–Kier alpha value is -1.32. The summed E-state index contributed by atoms with van der Waals surface area (Å²) in [6.45, 7) is 6.33. The van der Waals surface area contributed by atoms with Crippen molar-refractivity contribution in [1.82, 2.24) is 9.97 Å². The molecule has 0 aliphatic carbocycles. The van der Waals surface area contributed by atoms with E-state index in [-0.39, 0.29) is 0 Å². The maximum absolute atomic E-state index is 4.58. The summed E-state index contributed by atoms with van der Waals surface area (Å²) in [4.78, 5) is 11.2. The summed E-state index contributed by atoms with van der Waals surface area (Å²) in [5.74, 6) is 1.80. The summed E-state index contributed by atoms with van der Waals surface area (Å²) >= 11 is 0. The summed E-state index contributed by atoms with van der Waals surface area (Å²) < 4.78 is 0. The molecule has 2 heterocycles.